The third-order valence-corrected chi connectivity index (χ3v) is 9.58. The van der Waals surface area contributed by atoms with Crippen LogP contribution in [-0.2, 0) is 27.3 Å². The predicted octanol–water partition coefficient (Wildman–Crippen LogP) is 4.72. The van der Waals surface area contributed by atoms with Crippen LogP contribution < -0.4 is 21.0 Å². The molecule has 2 saturated heterocycles. The van der Waals surface area contributed by atoms with Gasteiger partial charge in [-0.05, 0) is 52.6 Å². The number of nitrogens with one attached hydrogen (secondary N) is 2. The Morgan fingerprint density at radius 1 is 0.824 bits per heavy atom. The van der Waals surface area contributed by atoms with Gasteiger partial charge >= 0.3 is 0 Å². The van der Waals surface area contributed by atoms with Crippen LogP contribution in [0.3, 0.4) is 0 Å². The van der Waals surface area contributed by atoms with E-state index in [1.54, 1.807) is 11.0 Å². The third-order valence-electron chi connectivity index (χ3n) is 9.58. The van der Waals surface area contributed by atoms with Gasteiger partial charge in [0.05, 0.1) is 5.39 Å². The van der Waals surface area contributed by atoms with Gasteiger partial charge in [0, 0.05) is 76.5 Å². The molecule has 11 nitrogen and oxygen atoms in total. The highest BCUT2D eigenvalue weighted by molar-refractivity contribution is 5.97. The minimum atomic E-state index is -0.929. The average molecular weight is 686 g/mol. The lowest BCUT2D eigenvalue weighted by Gasteiger charge is -2.38. The molecule has 0 aliphatic carbocycles. The van der Waals surface area contributed by atoms with Gasteiger partial charge in [0.1, 0.15) is 11.6 Å². The first-order valence-electron chi connectivity index (χ1n) is 17.3. The summed E-state index contributed by atoms with van der Waals surface area (Å²) in [5.74, 6) is -1.22. The number of nitrogens with zero attached hydrogens (tertiary/aromatic N) is 3. The number of para-hydroxylation sites is 1. The van der Waals surface area contributed by atoms with Crippen molar-refractivity contribution in [1.82, 2.24) is 15.1 Å². The van der Waals surface area contributed by atoms with Gasteiger partial charge in [-0.15, -0.1) is 0 Å². The Bertz CT molecular complexity index is 2210. The molecule has 4 aromatic carbocycles. The van der Waals surface area contributed by atoms with Gasteiger partial charge in [-0.25, -0.2) is 0 Å². The summed E-state index contributed by atoms with van der Waals surface area (Å²) in [5.41, 5.74) is 3.19. The summed E-state index contributed by atoms with van der Waals surface area (Å²) < 4.78 is 5.85. The number of carbonyl (C=O) groups is 4. The van der Waals surface area contributed by atoms with E-state index in [-0.39, 0.29) is 40.9 Å². The number of benzene rings is 4. The summed E-state index contributed by atoms with van der Waals surface area (Å²) in [7, 11) is 0. The maximum absolute atomic E-state index is 14.2. The lowest BCUT2D eigenvalue weighted by molar-refractivity contribution is -0.133. The van der Waals surface area contributed by atoms with E-state index in [9.17, 15) is 24.0 Å². The highest BCUT2D eigenvalue weighted by Crippen LogP contribution is 2.26. The van der Waals surface area contributed by atoms with Crippen molar-refractivity contribution in [2.45, 2.75) is 38.8 Å². The fraction of sp³-hybridized carbons (Fsp3) is 0.275. The van der Waals surface area contributed by atoms with E-state index >= 15 is 0 Å². The van der Waals surface area contributed by atoms with E-state index in [1.807, 2.05) is 59.5 Å². The largest absolute Gasteiger partial charge is 0.451 e. The fourth-order valence-corrected chi connectivity index (χ4v) is 7.00. The molecule has 0 radical (unpaired) electrons. The zero-order chi connectivity index (χ0) is 35.5. The monoisotopic (exact) mass is 685 g/mol. The first kappa shape index (κ1) is 33.5. The van der Waals surface area contributed by atoms with Crippen LogP contribution in [0.1, 0.15) is 41.4 Å². The van der Waals surface area contributed by atoms with E-state index in [4.69, 9.17) is 4.42 Å². The second-order valence-corrected chi connectivity index (χ2v) is 13.1. The minimum Gasteiger partial charge on any atom is -0.451 e. The van der Waals surface area contributed by atoms with Gasteiger partial charge < -0.3 is 29.8 Å². The van der Waals surface area contributed by atoms with Crippen molar-refractivity contribution < 1.29 is 23.6 Å². The maximum Gasteiger partial charge on any atom is 0.287 e. The van der Waals surface area contributed by atoms with Crippen LogP contribution >= 0.6 is 0 Å². The Morgan fingerprint density at radius 3 is 2.35 bits per heavy atom. The highest BCUT2D eigenvalue weighted by Gasteiger charge is 2.31. The maximum atomic E-state index is 14.2. The van der Waals surface area contributed by atoms with Crippen LogP contribution in [0.15, 0.2) is 100 Å². The smallest absolute Gasteiger partial charge is 0.287 e. The van der Waals surface area contributed by atoms with Crippen molar-refractivity contribution in [3.63, 3.8) is 0 Å². The summed E-state index contributed by atoms with van der Waals surface area (Å²) in [4.78, 5) is 70.7. The molecule has 11 heteroatoms. The number of carbonyl (C=O) groups excluding carboxylic acids is 4. The van der Waals surface area contributed by atoms with Crippen molar-refractivity contribution in [3.8, 4) is 0 Å². The van der Waals surface area contributed by atoms with Gasteiger partial charge in [0.2, 0.25) is 17.7 Å². The molecule has 2 aliphatic heterocycles. The lowest BCUT2D eigenvalue weighted by atomic mass is 10.0. The Kier molecular flexibility index (Phi) is 9.52. The van der Waals surface area contributed by atoms with Crippen LogP contribution in [-0.4, -0.2) is 72.2 Å². The molecule has 4 amide bonds. The van der Waals surface area contributed by atoms with Crippen molar-refractivity contribution >= 4 is 56.7 Å². The van der Waals surface area contributed by atoms with Crippen molar-refractivity contribution in [1.29, 1.82) is 0 Å². The van der Waals surface area contributed by atoms with Crippen LogP contribution in [0.5, 0.6) is 0 Å². The number of fused-ring (bicyclic) bond motifs is 2. The predicted molar refractivity (Wildman–Crippen MR) is 196 cm³/mol. The summed E-state index contributed by atoms with van der Waals surface area (Å²) >= 11 is 0. The number of hydrogen-bond acceptors (Lipinski definition) is 7. The van der Waals surface area contributed by atoms with Crippen molar-refractivity contribution in [3.05, 3.63) is 118 Å². The first-order valence-corrected chi connectivity index (χ1v) is 17.3. The molecule has 0 unspecified atom stereocenters. The molecule has 2 fully saturated rings. The number of likely N-dealkylation sites (tertiary alicyclic amines) is 1. The lowest BCUT2D eigenvalue weighted by Crippen LogP contribution is -2.55. The van der Waals surface area contributed by atoms with Crippen LogP contribution in [0, 0.1) is 0 Å². The average Bonchev–Trinajstić information content (AvgIpc) is 3.54. The summed E-state index contributed by atoms with van der Waals surface area (Å²) in [6.45, 7) is 4.77. The van der Waals surface area contributed by atoms with E-state index in [0.717, 1.165) is 46.6 Å². The molecule has 7 rings (SSSR count). The molecule has 0 bridgehead atoms. The molecule has 1 aromatic heterocycles. The molecule has 51 heavy (non-hydrogen) atoms. The van der Waals surface area contributed by atoms with Crippen LogP contribution in [0.4, 0.5) is 11.4 Å². The number of amides is 4. The molecule has 5 aromatic rings. The first-order chi connectivity index (χ1) is 24.7. The van der Waals surface area contributed by atoms with Gasteiger partial charge in [-0.3, -0.25) is 24.0 Å². The van der Waals surface area contributed by atoms with Crippen molar-refractivity contribution in [2.75, 3.05) is 42.9 Å². The molecule has 0 saturated carbocycles. The Labute approximate surface area is 294 Å². The van der Waals surface area contributed by atoms with E-state index in [1.165, 1.54) is 19.1 Å². The molecule has 2 aliphatic rings. The van der Waals surface area contributed by atoms with E-state index in [0.29, 0.717) is 44.8 Å². The number of rotatable bonds is 9. The quantitative estimate of drug-likeness (QED) is 0.230. The summed E-state index contributed by atoms with van der Waals surface area (Å²) in [5, 5.41) is 7.83. The molecular formula is C40H39N5O6. The molecule has 3 heterocycles. The van der Waals surface area contributed by atoms with Gasteiger partial charge in [0.15, 0.2) is 11.2 Å². The Hall–Kier alpha value is -5.97. The number of piperazine rings is 1. The zero-order valence-corrected chi connectivity index (χ0v) is 28.4. The normalized spacial score (nSPS) is 15.3. The van der Waals surface area contributed by atoms with E-state index in [2.05, 4.69) is 27.7 Å². The summed E-state index contributed by atoms with van der Waals surface area (Å²) in [6.07, 6.45) is 1.71. The SMILES string of the molecule is CC(=O)Nc1ccc2oc(C(=O)N[C@H](Cc3ccc4ccccc4c3)C(=O)N3CCN(c4ccccc4CN4CCCC4=O)CC3)cc(=O)c2c1. The highest BCUT2D eigenvalue weighted by atomic mass is 16.3. The summed E-state index contributed by atoms with van der Waals surface area (Å²) in [6, 6.07) is 26.8. The van der Waals surface area contributed by atoms with Crippen LogP contribution in [0.2, 0.25) is 0 Å². The van der Waals surface area contributed by atoms with Gasteiger partial charge in [0.25, 0.3) is 5.91 Å². The van der Waals surface area contributed by atoms with Gasteiger partial charge in [-0.2, -0.15) is 0 Å². The molecule has 0 spiro atoms. The second kappa shape index (κ2) is 14.5. The Morgan fingerprint density at radius 2 is 1.59 bits per heavy atom. The number of hydrogen-bond donors (Lipinski definition) is 2. The minimum absolute atomic E-state index is 0.179. The standard InChI is InChI=1S/C40H39N5O6/c1-26(46)41-31-14-15-36-32(23-31)35(47)24-37(51-36)39(49)42-33(22-27-12-13-28-7-2-3-8-29(28)21-27)40(50)44-19-17-43(18-20-44)34-10-5-4-9-30(34)25-45-16-6-11-38(45)48/h2-5,7-10,12-15,21,23-24,33H,6,11,16-20,22,25H2,1H3,(H,41,46)(H,42,49)/t33-/m1/s1. The molecule has 2 N–H and O–H groups in total. The van der Waals surface area contributed by atoms with Gasteiger partial charge in [-0.1, -0.05) is 60.7 Å². The second-order valence-electron chi connectivity index (χ2n) is 13.1. The molecular weight excluding hydrogens is 646 g/mol. The molecule has 260 valence electrons. The number of anilines is 2. The van der Waals surface area contributed by atoms with E-state index < -0.39 is 17.4 Å². The van der Waals surface area contributed by atoms with Crippen molar-refractivity contribution in [2.24, 2.45) is 0 Å². The zero-order valence-electron chi connectivity index (χ0n) is 28.4. The fourth-order valence-electron chi connectivity index (χ4n) is 7.00. The van der Waals surface area contributed by atoms with Crippen LogP contribution in [0.25, 0.3) is 21.7 Å². The topological polar surface area (TPSA) is 132 Å². The third kappa shape index (κ3) is 7.47. The molecule has 1 atom stereocenters. The Balaban J connectivity index is 1.10.